The predicted molar refractivity (Wildman–Crippen MR) is 82.8 cm³/mol. The van der Waals surface area contributed by atoms with Crippen LogP contribution in [0.25, 0.3) is 11.3 Å². The second-order valence-electron chi connectivity index (χ2n) is 3.84. The minimum Gasteiger partial charge on any atom is -0.459 e. The smallest absolute Gasteiger partial charge is 0.397 e. The molecule has 1 aromatic heterocycles. The molecule has 0 aliphatic heterocycles. The van der Waals surface area contributed by atoms with Crippen molar-refractivity contribution in [1.29, 1.82) is 0 Å². The number of esters is 1. The number of amides is 1. The van der Waals surface area contributed by atoms with E-state index in [1.807, 2.05) is 0 Å². The summed E-state index contributed by atoms with van der Waals surface area (Å²) in [5, 5.41) is 5.28. The van der Waals surface area contributed by atoms with Gasteiger partial charge in [0.1, 0.15) is 0 Å². The van der Waals surface area contributed by atoms with Gasteiger partial charge < -0.3 is 4.74 Å². The molecule has 0 unspecified atom stereocenters. The van der Waals surface area contributed by atoms with Gasteiger partial charge in [0, 0.05) is 10.9 Å². The number of carbonyl (C=O) groups is 2. The Labute approximate surface area is 134 Å². The highest BCUT2D eigenvalue weighted by Gasteiger charge is 2.16. The van der Waals surface area contributed by atoms with Crippen molar-refractivity contribution in [3.05, 3.63) is 33.6 Å². The number of ether oxygens (including phenoxy) is 1. The molecule has 5 nitrogen and oxygen atoms in total. The molecule has 1 heterocycles. The van der Waals surface area contributed by atoms with Gasteiger partial charge in [0.2, 0.25) is 0 Å². The molecule has 1 N–H and O–H groups in total. The number of carbonyl (C=O) groups excluding carboxylic acids is 2. The molecule has 0 aliphatic rings. The molecule has 0 radical (unpaired) electrons. The maximum atomic E-state index is 11.5. The van der Waals surface area contributed by atoms with E-state index in [0.717, 1.165) is 5.56 Å². The fraction of sp³-hybridized carbons (Fsp3) is 0.154. The SMILES string of the molecule is CCOC(=O)C(=O)Nc1nc(-c2ccc(Cl)c(Cl)c2)cs1. The van der Waals surface area contributed by atoms with E-state index in [1.165, 1.54) is 11.3 Å². The second kappa shape index (κ2) is 6.89. The van der Waals surface area contributed by atoms with Gasteiger partial charge >= 0.3 is 11.9 Å². The molecule has 110 valence electrons. The van der Waals surface area contributed by atoms with Crippen LogP contribution in [-0.4, -0.2) is 23.5 Å². The fourth-order valence-electron chi connectivity index (χ4n) is 1.46. The van der Waals surface area contributed by atoms with E-state index in [2.05, 4.69) is 15.0 Å². The number of benzene rings is 1. The van der Waals surface area contributed by atoms with Crippen LogP contribution in [0, 0.1) is 0 Å². The number of hydrogen-bond donors (Lipinski definition) is 1. The van der Waals surface area contributed by atoms with Gasteiger partial charge in [0.25, 0.3) is 0 Å². The van der Waals surface area contributed by atoms with Crippen LogP contribution in [0.5, 0.6) is 0 Å². The lowest BCUT2D eigenvalue weighted by Crippen LogP contribution is -2.24. The summed E-state index contributed by atoms with van der Waals surface area (Å²) < 4.78 is 4.59. The van der Waals surface area contributed by atoms with Gasteiger partial charge in [-0.2, -0.15) is 0 Å². The number of hydrogen-bond acceptors (Lipinski definition) is 5. The highest BCUT2D eigenvalue weighted by Crippen LogP contribution is 2.30. The Morgan fingerprint density at radius 1 is 1.33 bits per heavy atom. The molecule has 1 amide bonds. The van der Waals surface area contributed by atoms with Gasteiger partial charge in [0.15, 0.2) is 5.13 Å². The van der Waals surface area contributed by atoms with Crippen LogP contribution < -0.4 is 5.32 Å². The first-order valence-corrected chi connectivity index (χ1v) is 7.54. The topological polar surface area (TPSA) is 68.3 Å². The summed E-state index contributed by atoms with van der Waals surface area (Å²) in [6, 6.07) is 5.10. The lowest BCUT2D eigenvalue weighted by atomic mass is 10.2. The molecular weight excluding hydrogens is 335 g/mol. The standard InChI is InChI=1S/C13H10Cl2N2O3S/c1-2-20-12(19)11(18)17-13-16-10(6-21-13)7-3-4-8(14)9(15)5-7/h3-6H,2H2,1H3,(H,16,17,18). The molecule has 0 fully saturated rings. The Morgan fingerprint density at radius 3 is 2.76 bits per heavy atom. The van der Waals surface area contributed by atoms with E-state index < -0.39 is 11.9 Å². The first-order valence-electron chi connectivity index (χ1n) is 5.90. The van der Waals surface area contributed by atoms with Crippen LogP contribution in [0.4, 0.5) is 5.13 Å². The second-order valence-corrected chi connectivity index (χ2v) is 5.51. The lowest BCUT2D eigenvalue weighted by molar-refractivity contribution is -0.152. The van der Waals surface area contributed by atoms with Gasteiger partial charge in [-0.25, -0.2) is 9.78 Å². The summed E-state index contributed by atoms with van der Waals surface area (Å²) in [4.78, 5) is 26.9. The van der Waals surface area contributed by atoms with Crippen LogP contribution in [-0.2, 0) is 14.3 Å². The average Bonchev–Trinajstić information content (AvgIpc) is 2.90. The lowest BCUT2D eigenvalue weighted by Gasteiger charge is -2.01. The van der Waals surface area contributed by atoms with Crippen molar-refractivity contribution in [2.75, 3.05) is 11.9 Å². The van der Waals surface area contributed by atoms with Crippen molar-refractivity contribution in [3.8, 4) is 11.3 Å². The van der Waals surface area contributed by atoms with Crippen molar-refractivity contribution in [1.82, 2.24) is 4.98 Å². The van der Waals surface area contributed by atoms with Crippen LogP contribution in [0.3, 0.4) is 0 Å². The number of halogens is 2. The van der Waals surface area contributed by atoms with Gasteiger partial charge in [0.05, 0.1) is 22.3 Å². The Balaban J connectivity index is 2.12. The molecule has 0 saturated carbocycles. The Kier molecular flexibility index (Phi) is 5.17. The van der Waals surface area contributed by atoms with E-state index in [-0.39, 0.29) is 6.61 Å². The van der Waals surface area contributed by atoms with Crippen molar-refractivity contribution in [2.24, 2.45) is 0 Å². The summed E-state index contributed by atoms with van der Waals surface area (Å²) in [6.07, 6.45) is 0. The molecule has 0 bridgehead atoms. The molecule has 2 rings (SSSR count). The summed E-state index contributed by atoms with van der Waals surface area (Å²) in [5.41, 5.74) is 1.38. The van der Waals surface area contributed by atoms with Gasteiger partial charge in [-0.15, -0.1) is 11.3 Å². The van der Waals surface area contributed by atoms with E-state index in [4.69, 9.17) is 23.2 Å². The minimum absolute atomic E-state index is 0.138. The third-order valence-electron chi connectivity index (χ3n) is 2.40. The summed E-state index contributed by atoms with van der Waals surface area (Å²) in [7, 11) is 0. The quantitative estimate of drug-likeness (QED) is 0.681. The van der Waals surface area contributed by atoms with Gasteiger partial charge in [-0.05, 0) is 19.1 Å². The van der Waals surface area contributed by atoms with Crippen LogP contribution in [0.1, 0.15) is 6.92 Å². The Morgan fingerprint density at radius 2 is 2.10 bits per heavy atom. The number of aromatic nitrogens is 1. The molecular formula is C13H10Cl2N2O3S. The number of thiazole rings is 1. The first-order chi connectivity index (χ1) is 10.0. The van der Waals surface area contributed by atoms with E-state index in [9.17, 15) is 9.59 Å². The number of nitrogens with one attached hydrogen (secondary N) is 1. The number of nitrogens with zero attached hydrogens (tertiary/aromatic N) is 1. The van der Waals surface area contributed by atoms with Crippen LogP contribution >= 0.6 is 34.5 Å². The Bertz CT molecular complexity index is 688. The number of anilines is 1. The first kappa shape index (κ1) is 15.8. The summed E-state index contributed by atoms with van der Waals surface area (Å²) in [6.45, 7) is 1.76. The largest absolute Gasteiger partial charge is 0.459 e. The maximum Gasteiger partial charge on any atom is 0.397 e. The van der Waals surface area contributed by atoms with Crippen molar-refractivity contribution in [2.45, 2.75) is 6.92 Å². The predicted octanol–water partition coefficient (Wildman–Crippen LogP) is 3.62. The highest BCUT2D eigenvalue weighted by molar-refractivity contribution is 7.14. The van der Waals surface area contributed by atoms with Crippen molar-refractivity contribution < 1.29 is 14.3 Å². The summed E-state index contributed by atoms with van der Waals surface area (Å²) in [5.74, 6) is -1.80. The zero-order valence-corrected chi connectivity index (χ0v) is 13.2. The van der Waals surface area contributed by atoms with E-state index in [1.54, 1.807) is 30.5 Å². The molecule has 8 heteroatoms. The normalized spacial score (nSPS) is 10.2. The molecule has 0 spiro atoms. The highest BCUT2D eigenvalue weighted by atomic mass is 35.5. The maximum absolute atomic E-state index is 11.5. The van der Waals surface area contributed by atoms with Gasteiger partial charge in [-0.1, -0.05) is 29.3 Å². The van der Waals surface area contributed by atoms with E-state index >= 15 is 0 Å². The number of rotatable bonds is 3. The average molecular weight is 345 g/mol. The van der Waals surface area contributed by atoms with Crippen molar-refractivity contribution in [3.63, 3.8) is 0 Å². The summed E-state index contributed by atoms with van der Waals surface area (Å²) >= 11 is 13.0. The molecule has 21 heavy (non-hydrogen) atoms. The minimum atomic E-state index is -0.941. The molecule has 2 aromatic rings. The van der Waals surface area contributed by atoms with Crippen LogP contribution in [0.15, 0.2) is 23.6 Å². The third kappa shape index (κ3) is 3.93. The molecule has 0 aliphatic carbocycles. The molecule has 0 atom stereocenters. The molecule has 1 aromatic carbocycles. The zero-order valence-electron chi connectivity index (χ0n) is 10.9. The molecule has 0 saturated heterocycles. The van der Waals surface area contributed by atoms with Crippen molar-refractivity contribution >= 4 is 51.5 Å². The van der Waals surface area contributed by atoms with E-state index in [0.29, 0.717) is 20.9 Å². The fourth-order valence-corrected chi connectivity index (χ4v) is 2.48. The Hall–Kier alpha value is -1.63. The third-order valence-corrected chi connectivity index (χ3v) is 3.90. The van der Waals surface area contributed by atoms with Crippen LogP contribution in [0.2, 0.25) is 10.0 Å². The monoisotopic (exact) mass is 344 g/mol. The van der Waals surface area contributed by atoms with Gasteiger partial charge in [-0.3, -0.25) is 10.1 Å². The zero-order chi connectivity index (χ0) is 15.4.